The van der Waals surface area contributed by atoms with Gasteiger partial charge < -0.3 is 9.47 Å². The summed E-state index contributed by atoms with van der Waals surface area (Å²) in [6.07, 6.45) is 9.93. The molecule has 28 heavy (non-hydrogen) atoms. The minimum Gasteiger partial charge on any atom is -0.454 e. The molecule has 0 bridgehead atoms. The maximum atomic E-state index is 13.2. The van der Waals surface area contributed by atoms with E-state index in [1.54, 1.807) is 0 Å². The van der Waals surface area contributed by atoms with Crippen LogP contribution >= 0.6 is 0 Å². The third-order valence-electron chi connectivity index (χ3n) is 8.96. The van der Waals surface area contributed by atoms with E-state index >= 15 is 0 Å². The molecule has 0 aromatic rings. The van der Waals surface area contributed by atoms with Crippen molar-refractivity contribution in [2.75, 3.05) is 6.61 Å². The predicted molar refractivity (Wildman–Crippen MR) is 103 cm³/mol. The molecule has 5 heteroatoms. The molecule has 0 radical (unpaired) electrons. The molecule has 156 valence electrons. The number of carbonyl (C=O) groups is 3. The molecular weight excluding hydrogens is 356 g/mol. The van der Waals surface area contributed by atoms with Crippen molar-refractivity contribution in [2.24, 2.45) is 34.5 Å². The van der Waals surface area contributed by atoms with Gasteiger partial charge in [0, 0.05) is 12.3 Å². The summed E-state index contributed by atoms with van der Waals surface area (Å²) in [5, 5.41) is 0. The summed E-state index contributed by atoms with van der Waals surface area (Å²) < 4.78 is 10.2. The number of ether oxygens (including phenoxy) is 2. The van der Waals surface area contributed by atoms with E-state index in [4.69, 9.17) is 9.47 Å². The highest BCUT2D eigenvalue weighted by molar-refractivity contribution is 5.93. The Morgan fingerprint density at radius 1 is 1.04 bits per heavy atom. The van der Waals surface area contributed by atoms with E-state index in [1.165, 1.54) is 45.4 Å². The number of esters is 2. The lowest BCUT2D eigenvalue weighted by atomic mass is 9.45. The van der Waals surface area contributed by atoms with Crippen LogP contribution in [0, 0.1) is 34.5 Å². The SMILES string of the molecule is CC(=O)OCC(=O)OC1CC2C3CC[C@H]4CCCCC4(C)C3CCC2(C)C1=O. The minimum atomic E-state index is -0.673. The highest BCUT2D eigenvalue weighted by Crippen LogP contribution is 2.65. The molecule has 0 N–H and O–H groups in total. The lowest BCUT2D eigenvalue weighted by Crippen LogP contribution is -2.52. The first-order chi connectivity index (χ1) is 13.3. The molecule has 4 rings (SSSR count). The molecule has 4 fully saturated rings. The topological polar surface area (TPSA) is 69.7 Å². The van der Waals surface area contributed by atoms with Gasteiger partial charge in [0.05, 0.1) is 0 Å². The van der Waals surface area contributed by atoms with E-state index in [1.807, 2.05) is 0 Å². The summed E-state index contributed by atoms with van der Waals surface area (Å²) in [7, 11) is 0. The van der Waals surface area contributed by atoms with Crippen LogP contribution in [0.3, 0.4) is 0 Å². The zero-order valence-electron chi connectivity index (χ0n) is 17.5. The van der Waals surface area contributed by atoms with Crippen LogP contribution in [0.2, 0.25) is 0 Å². The Labute approximate surface area is 167 Å². The molecule has 7 atom stereocenters. The molecule has 0 aromatic carbocycles. The van der Waals surface area contributed by atoms with E-state index in [-0.39, 0.29) is 11.2 Å². The molecule has 0 heterocycles. The number of rotatable bonds is 3. The van der Waals surface area contributed by atoms with Gasteiger partial charge in [0.1, 0.15) is 0 Å². The van der Waals surface area contributed by atoms with Crippen molar-refractivity contribution in [2.45, 2.75) is 84.7 Å². The Morgan fingerprint density at radius 2 is 1.82 bits per heavy atom. The highest BCUT2D eigenvalue weighted by atomic mass is 16.6. The van der Waals surface area contributed by atoms with Crippen LogP contribution in [0.15, 0.2) is 0 Å². The zero-order chi connectivity index (χ0) is 20.1. The molecule has 4 aliphatic carbocycles. The highest BCUT2D eigenvalue weighted by Gasteiger charge is 2.62. The van der Waals surface area contributed by atoms with E-state index in [2.05, 4.69) is 13.8 Å². The maximum absolute atomic E-state index is 13.2. The first kappa shape index (κ1) is 19.9. The average molecular weight is 391 g/mol. The van der Waals surface area contributed by atoms with Crippen LogP contribution in [-0.2, 0) is 23.9 Å². The second kappa shape index (κ2) is 7.14. The fraction of sp³-hybridized carbons (Fsp3) is 0.870. The first-order valence-electron chi connectivity index (χ1n) is 11.1. The van der Waals surface area contributed by atoms with Crippen molar-refractivity contribution in [1.82, 2.24) is 0 Å². The fourth-order valence-electron chi connectivity index (χ4n) is 7.52. The Balaban J connectivity index is 1.50. The number of ketones is 1. The molecule has 0 spiro atoms. The van der Waals surface area contributed by atoms with E-state index in [0.29, 0.717) is 29.6 Å². The van der Waals surface area contributed by atoms with Crippen molar-refractivity contribution in [3.63, 3.8) is 0 Å². The Morgan fingerprint density at radius 3 is 2.57 bits per heavy atom. The lowest BCUT2D eigenvalue weighted by molar-refractivity contribution is -0.164. The van der Waals surface area contributed by atoms with Gasteiger partial charge >= 0.3 is 11.9 Å². The third-order valence-corrected chi connectivity index (χ3v) is 8.96. The Hall–Kier alpha value is -1.39. The first-order valence-corrected chi connectivity index (χ1v) is 11.1. The lowest BCUT2D eigenvalue weighted by Gasteiger charge is -2.59. The standard InChI is InChI=1S/C23H34O5/c1-14(24)27-13-20(25)28-19-12-18-16-8-7-15-6-4-5-10-22(15,2)17(16)9-11-23(18,3)21(19)26/h15-19H,4-13H2,1-3H3/t15-,16?,17?,18?,19?,22?,23?/m1/s1. The summed E-state index contributed by atoms with van der Waals surface area (Å²) in [5.41, 5.74) is 0.0566. The third kappa shape index (κ3) is 3.09. The Kier molecular flexibility index (Phi) is 5.08. The van der Waals surface area contributed by atoms with Gasteiger partial charge in [0.2, 0.25) is 0 Å². The minimum absolute atomic E-state index is 0.0862. The van der Waals surface area contributed by atoms with Gasteiger partial charge in [-0.05, 0) is 74.0 Å². The monoisotopic (exact) mass is 390 g/mol. The van der Waals surface area contributed by atoms with Crippen LogP contribution in [0.5, 0.6) is 0 Å². The number of fused-ring (bicyclic) bond motifs is 5. The van der Waals surface area contributed by atoms with Crippen LogP contribution in [-0.4, -0.2) is 30.4 Å². The summed E-state index contributed by atoms with van der Waals surface area (Å²) in [4.78, 5) is 36.1. The van der Waals surface area contributed by atoms with Gasteiger partial charge in [-0.2, -0.15) is 0 Å². The molecule has 4 saturated carbocycles. The quantitative estimate of drug-likeness (QED) is 0.679. The molecule has 0 aromatic heterocycles. The van der Waals surface area contributed by atoms with Gasteiger partial charge in [0.15, 0.2) is 18.5 Å². The van der Waals surface area contributed by atoms with Crippen molar-refractivity contribution >= 4 is 17.7 Å². The summed E-state index contributed by atoms with van der Waals surface area (Å²) in [5.74, 6) is 1.38. The van der Waals surface area contributed by atoms with Gasteiger partial charge in [-0.1, -0.05) is 26.7 Å². The van der Waals surface area contributed by atoms with Crippen LogP contribution in [0.1, 0.15) is 78.6 Å². The molecule has 0 saturated heterocycles. The molecule has 5 nitrogen and oxygen atoms in total. The Bertz CT molecular complexity index is 672. The molecular formula is C23H34O5. The number of Topliss-reactive ketones (excluding diaryl/α,β-unsaturated/α-hetero) is 1. The van der Waals surface area contributed by atoms with E-state index in [9.17, 15) is 14.4 Å². The van der Waals surface area contributed by atoms with Gasteiger partial charge in [-0.3, -0.25) is 9.59 Å². The van der Waals surface area contributed by atoms with Gasteiger partial charge in [0.25, 0.3) is 0 Å². The molecule has 4 aliphatic rings. The van der Waals surface area contributed by atoms with Crippen molar-refractivity contribution in [3.8, 4) is 0 Å². The second-order valence-corrected chi connectivity index (χ2v) is 10.2. The van der Waals surface area contributed by atoms with Crippen LogP contribution in [0.4, 0.5) is 0 Å². The van der Waals surface area contributed by atoms with Crippen molar-refractivity contribution in [3.05, 3.63) is 0 Å². The summed E-state index contributed by atoms with van der Waals surface area (Å²) in [6.45, 7) is 5.47. The summed E-state index contributed by atoms with van der Waals surface area (Å²) in [6, 6.07) is 0. The number of hydrogen-bond acceptors (Lipinski definition) is 5. The van der Waals surface area contributed by atoms with E-state index < -0.39 is 24.6 Å². The molecule has 0 amide bonds. The fourth-order valence-corrected chi connectivity index (χ4v) is 7.52. The van der Waals surface area contributed by atoms with Crippen LogP contribution in [0.25, 0.3) is 0 Å². The number of hydrogen-bond donors (Lipinski definition) is 0. The summed E-state index contributed by atoms with van der Waals surface area (Å²) >= 11 is 0. The van der Waals surface area contributed by atoms with Crippen molar-refractivity contribution in [1.29, 1.82) is 0 Å². The maximum Gasteiger partial charge on any atom is 0.344 e. The molecule has 6 unspecified atom stereocenters. The molecule has 0 aliphatic heterocycles. The smallest absolute Gasteiger partial charge is 0.344 e. The zero-order valence-corrected chi connectivity index (χ0v) is 17.5. The predicted octanol–water partition coefficient (Wildman–Crippen LogP) is 4.07. The second-order valence-electron chi connectivity index (χ2n) is 10.2. The largest absolute Gasteiger partial charge is 0.454 e. The normalized spacial score (nSPS) is 44.8. The average Bonchev–Trinajstić information content (AvgIpc) is 2.90. The van der Waals surface area contributed by atoms with Crippen LogP contribution < -0.4 is 0 Å². The van der Waals surface area contributed by atoms with Crippen molar-refractivity contribution < 1.29 is 23.9 Å². The van der Waals surface area contributed by atoms with E-state index in [0.717, 1.165) is 18.8 Å². The van der Waals surface area contributed by atoms with Gasteiger partial charge in [-0.25, -0.2) is 4.79 Å². The number of carbonyl (C=O) groups excluding carboxylic acids is 3. The van der Waals surface area contributed by atoms with Gasteiger partial charge in [-0.15, -0.1) is 0 Å².